The van der Waals surface area contributed by atoms with Crippen LogP contribution in [0.1, 0.15) is 36.2 Å². The molecule has 7 heteroatoms. The number of nitrogens with one attached hydrogen (secondary N) is 2. The molecule has 0 spiro atoms. The van der Waals surface area contributed by atoms with Crippen LogP contribution in [-0.4, -0.2) is 44.5 Å². The Morgan fingerprint density at radius 2 is 2.30 bits per heavy atom. The fourth-order valence-electron chi connectivity index (χ4n) is 3.47. The maximum Gasteiger partial charge on any atom is 0.224 e. The molecule has 3 N–H and O–H groups in total. The molecule has 0 saturated carbocycles. The summed E-state index contributed by atoms with van der Waals surface area (Å²) in [6, 6.07) is 1.90. The Morgan fingerprint density at radius 3 is 3.22 bits per heavy atom. The zero-order valence-corrected chi connectivity index (χ0v) is 13.1. The maximum atomic E-state index is 9.82. The molecule has 2 aromatic rings. The fourth-order valence-corrected chi connectivity index (χ4v) is 3.47. The Bertz CT molecular complexity index is 685. The van der Waals surface area contributed by atoms with Crippen molar-refractivity contribution in [1.29, 1.82) is 0 Å². The van der Waals surface area contributed by atoms with Crippen LogP contribution in [0.15, 0.2) is 12.3 Å². The van der Waals surface area contributed by atoms with Gasteiger partial charge in [-0.25, -0.2) is 4.98 Å². The summed E-state index contributed by atoms with van der Waals surface area (Å²) in [7, 11) is 0. The average Bonchev–Trinajstić information content (AvgIpc) is 3.17. The standard InChI is InChI=1S/C16H22N6O/c23-11-3-2-8-22(10-11)15-6-7-17-16(19-15)18-9-14-12-4-1-5-13(12)20-21-14/h6-7,11,23H,1-5,8-10H2,(H,20,21)(H,17,18,19). The van der Waals surface area contributed by atoms with Crippen LogP contribution >= 0.6 is 0 Å². The van der Waals surface area contributed by atoms with Gasteiger partial charge in [0.2, 0.25) is 5.95 Å². The maximum absolute atomic E-state index is 9.82. The van der Waals surface area contributed by atoms with Crippen molar-refractivity contribution in [3.8, 4) is 0 Å². The van der Waals surface area contributed by atoms with Crippen LogP contribution in [0.4, 0.5) is 11.8 Å². The molecule has 1 atom stereocenters. The Hall–Kier alpha value is -2.15. The molecule has 23 heavy (non-hydrogen) atoms. The molecule has 7 nitrogen and oxygen atoms in total. The second-order valence-corrected chi connectivity index (χ2v) is 6.32. The molecule has 0 radical (unpaired) electrons. The Balaban J connectivity index is 1.44. The van der Waals surface area contributed by atoms with Gasteiger partial charge in [-0.1, -0.05) is 0 Å². The lowest BCUT2D eigenvalue weighted by atomic mass is 10.1. The number of nitrogens with zero attached hydrogens (tertiary/aromatic N) is 4. The number of hydrogen-bond donors (Lipinski definition) is 3. The number of H-pyrrole nitrogens is 1. The third-order valence-corrected chi connectivity index (χ3v) is 4.67. The van der Waals surface area contributed by atoms with E-state index in [1.165, 1.54) is 17.7 Å². The molecule has 2 aromatic heterocycles. The van der Waals surface area contributed by atoms with Gasteiger partial charge >= 0.3 is 0 Å². The van der Waals surface area contributed by atoms with Crippen molar-refractivity contribution < 1.29 is 5.11 Å². The lowest BCUT2D eigenvalue weighted by molar-refractivity contribution is 0.154. The number of aliphatic hydroxyl groups excluding tert-OH is 1. The minimum absolute atomic E-state index is 0.262. The lowest BCUT2D eigenvalue weighted by Crippen LogP contribution is -2.38. The highest BCUT2D eigenvalue weighted by Gasteiger charge is 2.20. The first kappa shape index (κ1) is 14.4. The van der Waals surface area contributed by atoms with E-state index in [1.54, 1.807) is 6.20 Å². The molecule has 2 aliphatic rings. The number of aromatic nitrogens is 4. The van der Waals surface area contributed by atoms with Crippen LogP contribution in [0.2, 0.25) is 0 Å². The normalized spacial score (nSPS) is 20.6. The van der Waals surface area contributed by atoms with Gasteiger partial charge in [-0.05, 0) is 43.7 Å². The van der Waals surface area contributed by atoms with E-state index in [2.05, 4.69) is 30.4 Å². The molecule has 0 amide bonds. The first-order valence-electron chi connectivity index (χ1n) is 8.34. The number of aliphatic hydroxyl groups is 1. The van der Waals surface area contributed by atoms with Crippen LogP contribution < -0.4 is 10.2 Å². The minimum Gasteiger partial charge on any atom is -0.391 e. The Kier molecular flexibility index (Phi) is 3.87. The summed E-state index contributed by atoms with van der Waals surface area (Å²) in [6.07, 6.45) is 6.79. The summed E-state index contributed by atoms with van der Waals surface area (Å²) in [5.74, 6) is 1.48. The van der Waals surface area contributed by atoms with Gasteiger partial charge in [0.05, 0.1) is 18.3 Å². The molecular weight excluding hydrogens is 292 g/mol. The summed E-state index contributed by atoms with van der Waals surface area (Å²) < 4.78 is 0. The van der Waals surface area contributed by atoms with Crippen LogP contribution in [-0.2, 0) is 19.4 Å². The SMILES string of the molecule is OC1CCCN(c2ccnc(NCc3n[nH]c4c3CCC4)n2)C1. The van der Waals surface area contributed by atoms with Crippen LogP contribution in [0.3, 0.4) is 0 Å². The van der Waals surface area contributed by atoms with E-state index >= 15 is 0 Å². The number of anilines is 2. The summed E-state index contributed by atoms with van der Waals surface area (Å²) in [5, 5.41) is 20.6. The summed E-state index contributed by atoms with van der Waals surface area (Å²) in [6.45, 7) is 2.21. The monoisotopic (exact) mass is 314 g/mol. The first-order valence-corrected chi connectivity index (χ1v) is 8.34. The van der Waals surface area contributed by atoms with Crippen molar-refractivity contribution in [1.82, 2.24) is 20.2 Å². The summed E-state index contributed by atoms with van der Waals surface area (Å²) in [5.41, 5.74) is 3.70. The van der Waals surface area contributed by atoms with Crippen LogP contribution in [0.5, 0.6) is 0 Å². The number of rotatable bonds is 4. The van der Waals surface area contributed by atoms with Crippen LogP contribution in [0.25, 0.3) is 0 Å². The molecule has 0 bridgehead atoms. The molecule has 1 aliphatic carbocycles. The third-order valence-electron chi connectivity index (χ3n) is 4.67. The molecule has 1 fully saturated rings. The van der Waals surface area contributed by atoms with E-state index in [9.17, 15) is 5.11 Å². The highest BCUT2D eigenvalue weighted by atomic mass is 16.3. The zero-order valence-electron chi connectivity index (χ0n) is 13.1. The van der Waals surface area contributed by atoms with Crippen molar-refractivity contribution in [2.75, 3.05) is 23.3 Å². The van der Waals surface area contributed by atoms with E-state index in [0.29, 0.717) is 19.0 Å². The molecule has 0 aromatic carbocycles. The smallest absolute Gasteiger partial charge is 0.224 e. The summed E-state index contributed by atoms with van der Waals surface area (Å²) in [4.78, 5) is 11.0. The second-order valence-electron chi connectivity index (χ2n) is 6.32. The molecule has 122 valence electrons. The lowest BCUT2D eigenvalue weighted by Gasteiger charge is -2.31. The predicted molar refractivity (Wildman–Crippen MR) is 87.4 cm³/mol. The Morgan fingerprint density at radius 1 is 1.35 bits per heavy atom. The second kappa shape index (κ2) is 6.16. The number of β-amino-alcohol motifs (C(OH)–C–C–N with tert-alkyl or cyclic N) is 1. The number of fused-ring (bicyclic) bond motifs is 1. The number of hydrogen-bond acceptors (Lipinski definition) is 6. The van der Waals surface area contributed by atoms with Gasteiger partial charge in [0, 0.05) is 25.0 Å². The molecular formula is C16H22N6O. The average molecular weight is 314 g/mol. The van der Waals surface area contributed by atoms with Crippen molar-refractivity contribution in [2.45, 2.75) is 44.8 Å². The highest BCUT2D eigenvalue weighted by molar-refractivity contribution is 5.43. The molecule has 3 heterocycles. The third kappa shape index (κ3) is 3.01. The van der Waals surface area contributed by atoms with Gasteiger partial charge in [-0.2, -0.15) is 10.1 Å². The highest BCUT2D eigenvalue weighted by Crippen LogP contribution is 2.23. The fraction of sp³-hybridized carbons (Fsp3) is 0.562. The van der Waals surface area contributed by atoms with Gasteiger partial charge in [0.1, 0.15) is 5.82 Å². The van der Waals surface area contributed by atoms with Crippen molar-refractivity contribution in [2.24, 2.45) is 0 Å². The van der Waals surface area contributed by atoms with E-state index in [0.717, 1.165) is 43.7 Å². The van der Waals surface area contributed by atoms with Crippen molar-refractivity contribution in [3.63, 3.8) is 0 Å². The van der Waals surface area contributed by atoms with Crippen molar-refractivity contribution >= 4 is 11.8 Å². The van der Waals surface area contributed by atoms with Gasteiger partial charge in [0.15, 0.2) is 0 Å². The molecule has 1 saturated heterocycles. The number of aryl methyl sites for hydroxylation is 1. The predicted octanol–water partition coefficient (Wildman–Crippen LogP) is 1.26. The largest absolute Gasteiger partial charge is 0.391 e. The quantitative estimate of drug-likeness (QED) is 0.787. The van der Waals surface area contributed by atoms with Gasteiger partial charge in [0.25, 0.3) is 0 Å². The number of aromatic amines is 1. The van der Waals surface area contributed by atoms with E-state index in [1.807, 2.05) is 6.07 Å². The first-order chi connectivity index (χ1) is 11.3. The number of piperidine rings is 1. The molecule has 1 aliphatic heterocycles. The van der Waals surface area contributed by atoms with Gasteiger partial charge < -0.3 is 15.3 Å². The van der Waals surface area contributed by atoms with E-state index in [4.69, 9.17) is 0 Å². The minimum atomic E-state index is -0.262. The molecule has 4 rings (SSSR count). The van der Waals surface area contributed by atoms with Crippen LogP contribution in [0, 0.1) is 0 Å². The van der Waals surface area contributed by atoms with E-state index < -0.39 is 0 Å². The van der Waals surface area contributed by atoms with Crippen molar-refractivity contribution in [3.05, 3.63) is 29.2 Å². The molecule has 1 unspecified atom stereocenters. The topological polar surface area (TPSA) is 90.0 Å². The summed E-state index contributed by atoms with van der Waals surface area (Å²) >= 11 is 0. The van der Waals surface area contributed by atoms with Gasteiger partial charge in [-0.3, -0.25) is 5.10 Å². The zero-order chi connectivity index (χ0) is 15.6. The van der Waals surface area contributed by atoms with Gasteiger partial charge in [-0.15, -0.1) is 0 Å². The van der Waals surface area contributed by atoms with E-state index in [-0.39, 0.29) is 6.10 Å². The Labute approximate surface area is 135 Å².